The van der Waals surface area contributed by atoms with Crippen molar-refractivity contribution in [3.63, 3.8) is 0 Å². The lowest BCUT2D eigenvalue weighted by Gasteiger charge is -2.34. The van der Waals surface area contributed by atoms with Gasteiger partial charge in [-0.25, -0.2) is 9.18 Å². The number of nitrogens with one attached hydrogen (secondary N) is 1. The average Bonchev–Trinajstić information content (AvgIpc) is 2.56. The van der Waals surface area contributed by atoms with E-state index in [1.807, 2.05) is 0 Å². The molecule has 1 fully saturated rings. The number of aromatic carboxylic acids is 1. The van der Waals surface area contributed by atoms with Crippen molar-refractivity contribution in [2.45, 2.75) is 51.7 Å². The molecule has 2 rings (SSSR count). The Hall–Kier alpha value is -1.95. The van der Waals surface area contributed by atoms with Gasteiger partial charge in [0.2, 0.25) is 0 Å². The van der Waals surface area contributed by atoms with E-state index in [0.717, 1.165) is 18.9 Å². The standard InChI is InChI=1S/C18H24FNO4/c1-3-11(4-2)16-10-13(7-8-24-16)20-17(21)14-6-5-12(18(22)23)9-15(14)19/h5-6,9,11,13,16H,3-4,7-8,10H2,1-2H3,(H,20,21)(H,22,23)/t13-,16-/m0/s1. The lowest BCUT2D eigenvalue weighted by Crippen LogP contribution is -2.44. The summed E-state index contributed by atoms with van der Waals surface area (Å²) in [5.74, 6) is -2.11. The Kier molecular flexibility index (Phi) is 6.31. The number of ether oxygens (including phenoxy) is 1. The van der Waals surface area contributed by atoms with Gasteiger partial charge < -0.3 is 15.2 Å². The molecular formula is C18H24FNO4. The zero-order valence-corrected chi connectivity index (χ0v) is 14.0. The molecule has 2 N–H and O–H groups in total. The molecule has 1 aromatic rings. The molecule has 6 heteroatoms. The van der Waals surface area contributed by atoms with Crippen LogP contribution >= 0.6 is 0 Å². The monoisotopic (exact) mass is 337 g/mol. The molecule has 0 aliphatic carbocycles. The quantitative estimate of drug-likeness (QED) is 0.835. The molecule has 0 aromatic heterocycles. The predicted octanol–water partition coefficient (Wildman–Crippen LogP) is 3.24. The molecule has 1 aliphatic heterocycles. The summed E-state index contributed by atoms with van der Waals surface area (Å²) < 4.78 is 19.8. The Balaban J connectivity index is 2.02. The maximum absolute atomic E-state index is 14.0. The molecule has 0 unspecified atom stereocenters. The third-order valence-electron chi connectivity index (χ3n) is 4.69. The fourth-order valence-corrected chi connectivity index (χ4v) is 3.20. The lowest BCUT2D eigenvalue weighted by atomic mass is 9.89. The lowest BCUT2D eigenvalue weighted by molar-refractivity contribution is -0.0337. The highest BCUT2D eigenvalue weighted by Gasteiger charge is 2.29. The summed E-state index contributed by atoms with van der Waals surface area (Å²) in [5, 5.41) is 11.7. The first-order valence-electron chi connectivity index (χ1n) is 8.41. The molecule has 1 heterocycles. The zero-order valence-electron chi connectivity index (χ0n) is 14.0. The number of amides is 1. The predicted molar refractivity (Wildman–Crippen MR) is 87.7 cm³/mol. The van der Waals surface area contributed by atoms with Crippen LogP contribution in [0.1, 0.15) is 60.2 Å². The van der Waals surface area contributed by atoms with Crippen molar-refractivity contribution in [3.8, 4) is 0 Å². The van der Waals surface area contributed by atoms with E-state index < -0.39 is 17.7 Å². The number of carbonyl (C=O) groups excluding carboxylic acids is 1. The van der Waals surface area contributed by atoms with Crippen molar-refractivity contribution in [2.24, 2.45) is 5.92 Å². The molecule has 132 valence electrons. The smallest absolute Gasteiger partial charge is 0.335 e. The number of carboxylic acids is 1. The van der Waals surface area contributed by atoms with Crippen LogP contribution in [0.5, 0.6) is 0 Å². The first kappa shape index (κ1) is 18.4. The van der Waals surface area contributed by atoms with E-state index in [1.165, 1.54) is 12.1 Å². The van der Waals surface area contributed by atoms with E-state index in [4.69, 9.17) is 9.84 Å². The first-order chi connectivity index (χ1) is 11.5. The second-order valence-electron chi connectivity index (χ2n) is 6.18. The van der Waals surface area contributed by atoms with Crippen LogP contribution in [0, 0.1) is 11.7 Å². The number of halogens is 1. The Labute approximate surface area is 141 Å². The van der Waals surface area contributed by atoms with Gasteiger partial charge in [0.1, 0.15) is 5.82 Å². The fourth-order valence-electron chi connectivity index (χ4n) is 3.20. The number of hydrogen-bond donors (Lipinski definition) is 2. The largest absolute Gasteiger partial charge is 0.478 e. The number of carboxylic acid groups (broad SMARTS) is 1. The van der Waals surface area contributed by atoms with Gasteiger partial charge in [0.25, 0.3) is 5.91 Å². The Morgan fingerprint density at radius 1 is 1.38 bits per heavy atom. The summed E-state index contributed by atoms with van der Waals surface area (Å²) >= 11 is 0. The summed E-state index contributed by atoms with van der Waals surface area (Å²) in [6, 6.07) is 3.26. The number of carbonyl (C=O) groups is 2. The summed E-state index contributed by atoms with van der Waals surface area (Å²) in [7, 11) is 0. The third kappa shape index (κ3) is 4.32. The van der Waals surface area contributed by atoms with Crippen LogP contribution in [0.2, 0.25) is 0 Å². The molecule has 1 saturated heterocycles. The highest BCUT2D eigenvalue weighted by atomic mass is 19.1. The highest BCUT2D eigenvalue weighted by molar-refractivity contribution is 5.96. The van der Waals surface area contributed by atoms with Gasteiger partial charge in [-0.05, 0) is 37.0 Å². The van der Waals surface area contributed by atoms with Crippen LogP contribution in [0.25, 0.3) is 0 Å². The third-order valence-corrected chi connectivity index (χ3v) is 4.69. The van der Waals surface area contributed by atoms with Crippen LogP contribution in [-0.2, 0) is 4.74 Å². The second kappa shape index (κ2) is 8.24. The van der Waals surface area contributed by atoms with Crippen LogP contribution in [0.15, 0.2) is 18.2 Å². The van der Waals surface area contributed by atoms with Crippen molar-refractivity contribution < 1.29 is 23.8 Å². The molecule has 1 aromatic carbocycles. The minimum Gasteiger partial charge on any atom is -0.478 e. The van der Waals surface area contributed by atoms with Crippen molar-refractivity contribution in [1.82, 2.24) is 5.32 Å². The van der Waals surface area contributed by atoms with Gasteiger partial charge in [-0.2, -0.15) is 0 Å². The Morgan fingerprint density at radius 2 is 2.08 bits per heavy atom. The highest BCUT2D eigenvalue weighted by Crippen LogP contribution is 2.25. The van der Waals surface area contributed by atoms with Gasteiger partial charge in [-0.15, -0.1) is 0 Å². The van der Waals surface area contributed by atoms with Gasteiger partial charge in [0.05, 0.1) is 17.2 Å². The van der Waals surface area contributed by atoms with Crippen molar-refractivity contribution in [1.29, 1.82) is 0 Å². The van der Waals surface area contributed by atoms with Crippen molar-refractivity contribution in [2.75, 3.05) is 6.61 Å². The van der Waals surface area contributed by atoms with Crippen LogP contribution < -0.4 is 5.32 Å². The molecule has 24 heavy (non-hydrogen) atoms. The minimum atomic E-state index is -1.22. The average molecular weight is 337 g/mol. The van der Waals surface area contributed by atoms with Gasteiger partial charge in [-0.1, -0.05) is 26.7 Å². The van der Waals surface area contributed by atoms with Crippen molar-refractivity contribution in [3.05, 3.63) is 35.1 Å². The Bertz CT molecular complexity index is 601. The Morgan fingerprint density at radius 3 is 2.67 bits per heavy atom. The van der Waals surface area contributed by atoms with E-state index in [0.29, 0.717) is 25.4 Å². The van der Waals surface area contributed by atoms with E-state index in [1.54, 1.807) is 0 Å². The van der Waals surface area contributed by atoms with E-state index >= 15 is 0 Å². The molecule has 5 nitrogen and oxygen atoms in total. The first-order valence-corrected chi connectivity index (χ1v) is 8.41. The number of benzene rings is 1. The maximum Gasteiger partial charge on any atom is 0.335 e. The summed E-state index contributed by atoms with van der Waals surface area (Å²) in [6.45, 7) is 4.82. The fraction of sp³-hybridized carbons (Fsp3) is 0.556. The molecule has 1 aliphatic rings. The van der Waals surface area contributed by atoms with Gasteiger partial charge in [0, 0.05) is 12.6 Å². The van der Waals surface area contributed by atoms with Crippen LogP contribution in [0.4, 0.5) is 4.39 Å². The molecule has 0 bridgehead atoms. The van der Waals surface area contributed by atoms with E-state index in [2.05, 4.69) is 19.2 Å². The SMILES string of the molecule is CCC(CC)[C@@H]1C[C@@H](NC(=O)c2ccc(C(=O)O)cc2F)CCO1. The zero-order chi connectivity index (χ0) is 17.7. The molecule has 1 amide bonds. The van der Waals surface area contributed by atoms with Gasteiger partial charge in [0.15, 0.2) is 0 Å². The van der Waals surface area contributed by atoms with Crippen molar-refractivity contribution >= 4 is 11.9 Å². The normalized spacial score (nSPS) is 20.8. The van der Waals surface area contributed by atoms with E-state index in [9.17, 15) is 14.0 Å². The van der Waals surface area contributed by atoms with E-state index in [-0.39, 0.29) is 23.3 Å². The maximum atomic E-state index is 14.0. The van der Waals surface area contributed by atoms with Gasteiger partial charge >= 0.3 is 5.97 Å². The number of hydrogen-bond acceptors (Lipinski definition) is 3. The molecular weight excluding hydrogens is 313 g/mol. The van der Waals surface area contributed by atoms with Crippen LogP contribution in [0.3, 0.4) is 0 Å². The topological polar surface area (TPSA) is 75.6 Å². The van der Waals surface area contributed by atoms with Crippen LogP contribution in [-0.4, -0.2) is 35.7 Å². The minimum absolute atomic E-state index is 0.0598. The molecule has 2 atom stereocenters. The van der Waals surface area contributed by atoms with Gasteiger partial charge in [-0.3, -0.25) is 4.79 Å². The molecule has 0 spiro atoms. The number of rotatable bonds is 6. The molecule has 0 radical (unpaired) electrons. The summed E-state index contributed by atoms with van der Waals surface area (Å²) in [4.78, 5) is 23.1. The second-order valence-corrected chi connectivity index (χ2v) is 6.18. The summed E-state index contributed by atoms with van der Waals surface area (Å²) in [5.41, 5.74) is -0.311. The summed E-state index contributed by atoms with van der Waals surface area (Å²) in [6.07, 6.45) is 3.56. The molecule has 0 saturated carbocycles.